The van der Waals surface area contributed by atoms with Crippen LogP contribution in [-0.4, -0.2) is 42.9 Å². The number of carbonyl (C=O) groups excluding carboxylic acids is 1. The summed E-state index contributed by atoms with van der Waals surface area (Å²) in [6.07, 6.45) is 4.67. The molecular formula is C23H28N2O3S. The molecule has 4 rings (SSSR count). The van der Waals surface area contributed by atoms with Crippen LogP contribution in [0.4, 0.5) is 4.79 Å². The first-order chi connectivity index (χ1) is 14.1. The lowest BCUT2D eigenvalue weighted by atomic mass is 9.99. The standard InChI is InChI=1S/C23H28N2O3S/c26-23(25-16-21(17-25)29(27,28)20-14-8-3-9-15-20)24-22(18-10-4-1-5-11-18)19-12-6-2-7-13-19/h1-2,4-7,10-13,20-22H,3,8-9,14-17H2,(H,24,26). The number of benzene rings is 2. The highest BCUT2D eigenvalue weighted by Crippen LogP contribution is 2.30. The van der Waals surface area contributed by atoms with Gasteiger partial charge in [0.2, 0.25) is 0 Å². The fraction of sp³-hybridized carbons (Fsp3) is 0.435. The Labute approximate surface area is 173 Å². The van der Waals surface area contributed by atoms with Crippen LogP contribution in [0.25, 0.3) is 0 Å². The lowest BCUT2D eigenvalue weighted by molar-refractivity contribution is 0.166. The summed E-state index contributed by atoms with van der Waals surface area (Å²) in [4.78, 5) is 14.5. The van der Waals surface area contributed by atoms with E-state index in [1.165, 1.54) is 0 Å². The number of likely N-dealkylation sites (tertiary alicyclic amines) is 1. The molecule has 0 aromatic heterocycles. The van der Waals surface area contributed by atoms with Gasteiger partial charge in [-0.05, 0) is 24.0 Å². The lowest BCUT2D eigenvalue weighted by Gasteiger charge is -2.41. The Bertz CT molecular complexity index is 880. The van der Waals surface area contributed by atoms with Crippen LogP contribution >= 0.6 is 0 Å². The Kier molecular flexibility index (Phi) is 5.90. The molecule has 2 fully saturated rings. The number of rotatable bonds is 5. The summed E-state index contributed by atoms with van der Waals surface area (Å²) in [7, 11) is -3.15. The molecule has 5 nitrogen and oxygen atoms in total. The maximum absolute atomic E-state index is 12.9. The summed E-state index contributed by atoms with van der Waals surface area (Å²) < 4.78 is 25.7. The summed E-state index contributed by atoms with van der Waals surface area (Å²) in [6, 6.07) is 19.2. The number of hydrogen-bond acceptors (Lipinski definition) is 3. The van der Waals surface area contributed by atoms with Crippen LogP contribution in [0.1, 0.15) is 49.3 Å². The molecule has 1 aliphatic carbocycles. The summed E-state index contributed by atoms with van der Waals surface area (Å²) in [5.74, 6) is 0. The van der Waals surface area contributed by atoms with Crippen molar-refractivity contribution in [3.05, 3.63) is 71.8 Å². The molecule has 2 aliphatic rings. The zero-order chi connectivity index (χ0) is 20.3. The van der Waals surface area contributed by atoms with Gasteiger partial charge in [-0.25, -0.2) is 13.2 Å². The topological polar surface area (TPSA) is 66.5 Å². The van der Waals surface area contributed by atoms with Crippen LogP contribution in [0.2, 0.25) is 0 Å². The molecule has 1 saturated heterocycles. The molecule has 0 bridgehead atoms. The molecule has 2 aromatic carbocycles. The molecule has 0 radical (unpaired) electrons. The van der Waals surface area contributed by atoms with E-state index in [4.69, 9.17) is 0 Å². The molecule has 0 spiro atoms. The van der Waals surface area contributed by atoms with Crippen molar-refractivity contribution < 1.29 is 13.2 Å². The highest BCUT2D eigenvalue weighted by atomic mass is 32.2. The Hall–Kier alpha value is -2.34. The molecule has 0 atom stereocenters. The quantitative estimate of drug-likeness (QED) is 0.809. The highest BCUT2D eigenvalue weighted by molar-refractivity contribution is 7.92. The largest absolute Gasteiger partial charge is 0.327 e. The van der Waals surface area contributed by atoms with Crippen LogP contribution in [0.3, 0.4) is 0 Å². The van der Waals surface area contributed by atoms with Crippen molar-refractivity contribution in [3.63, 3.8) is 0 Å². The van der Waals surface area contributed by atoms with Gasteiger partial charge < -0.3 is 10.2 Å². The fourth-order valence-corrected chi connectivity index (χ4v) is 6.65. The van der Waals surface area contributed by atoms with E-state index in [0.29, 0.717) is 13.1 Å². The molecule has 6 heteroatoms. The minimum absolute atomic E-state index is 0.210. The minimum Gasteiger partial charge on any atom is -0.327 e. The van der Waals surface area contributed by atoms with E-state index < -0.39 is 15.1 Å². The molecule has 2 aromatic rings. The lowest BCUT2D eigenvalue weighted by Crippen LogP contribution is -2.61. The van der Waals surface area contributed by atoms with Crippen molar-refractivity contribution in [1.82, 2.24) is 10.2 Å². The number of sulfone groups is 1. The second-order valence-electron chi connectivity index (χ2n) is 8.08. The number of urea groups is 1. The van der Waals surface area contributed by atoms with Crippen molar-refractivity contribution in [3.8, 4) is 0 Å². The van der Waals surface area contributed by atoms with Crippen molar-refractivity contribution >= 4 is 15.9 Å². The SMILES string of the molecule is O=C(NC(c1ccccc1)c1ccccc1)N1CC(S(=O)(=O)C2CCCCC2)C1. The van der Waals surface area contributed by atoms with Gasteiger partial charge in [-0.3, -0.25) is 0 Å². The van der Waals surface area contributed by atoms with Crippen LogP contribution in [-0.2, 0) is 9.84 Å². The highest BCUT2D eigenvalue weighted by Gasteiger charge is 2.44. The van der Waals surface area contributed by atoms with Crippen molar-refractivity contribution in [1.29, 1.82) is 0 Å². The van der Waals surface area contributed by atoms with Crippen LogP contribution in [0.5, 0.6) is 0 Å². The van der Waals surface area contributed by atoms with Crippen LogP contribution < -0.4 is 5.32 Å². The van der Waals surface area contributed by atoms with E-state index in [9.17, 15) is 13.2 Å². The maximum Gasteiger partial charge on any atom is 0.318 e. The van der Waals surface area contributed by atoms with E-state index >= 15 is 0 Å². The number of nitrogens with zero attached hydrogens (tertiary/aromatic N) is 1. The van der Waals surface area contributed by atoms with E-state index in [2.05, 4.69) is 5.32 Å². The number of nitrogens with one attached hydrogen (secondary N) is 1. The molecule has 154 valence electrons. The second kappa shape index (κ2) is 8.57. The molecule has 0 unspecified atom stereocenters. The van der Waals surface area contributed by atoms with Gasteiger partial charge in [0.1, 0.15) is 0 Å². The van der Waals surface area contributed by atoms with Gasteiger partial charge >= 0.3 is 6.03 Å². The fourth-order valence-electron chi connectivity index (χ4n) is 4.34. The van der Waals surface area contributed by atoms with Gasteiger partial charge in [0, 0.05) is 13.1 Å². The summed E-state index contributed by atoms with van der Waals surface area (Å²) in [6.45, 7) is 0.585. The van der Waals surface area contributed by atoms with Crippen LogP contribution in [0, 0.1) is 0 Å². The Morgan fingerprint density at radius 3 is 1.86 bits per heavy atom. The monoisotopic (exact) mass is 412 g/mol. The van der Waals surface area contributed by atoms with E-state index in [0.717, 1.165) is 43.2 Å². The predicted octanol–water partition coefficient (Wildman–Crippen LogP) is 3.92. The van der Waals surface area contributed by atoms with Crippen LogP contribution in [0.15, 0.2) is 60.7 Å². The molecule has 1 heterocycles. The molecule has 2 amide bonds. The number of hydrogen-bond donors (Lipinski definition) is 1. The van der Waals surface area contributed by atoms with Crippen molar-refractivity contribution in [2.45, 2.75) is 48.6 Å². The normalized spacial score (nSPS) is 18.4. The third-order valence-corrected chi connectivity index (χ3v) is 8.78. The third kappa shape index (κ3) is 4.32. The Balaban J connectivity index is 1.42. The predicted molar refractivity (Wildman–Crippen MR) is 114 cm³/mol. The molecule has 1 N–H and O–H groups in total. The van der Waals surface area contributed by atoms with E-state index in [1.54, 1.807) is 4.90 Å². The van der Waals surface area contributed by atoms with Gasteiger partial charge in [-0.2, -0.15) is 0 Å². The zero-order valence-corrected chi connectivity index (χ0v) is 17.4. The summed E-state index contributed by atoms with van der Waals surface area (Å²) >= 11 is 0. The summed E-state index contributed by atoms with van der Waals surface area (Å²) in [5, 5.41) is 2.47. The Morgan fingerprint density at radius 1 is 0.828 bits per heavy atom. The average molecular weight is 413 g/mol. The van der Waals surface area contributed by atoms with E-state index in [1.807, 2.05) is 60.7 Å². The third-order valence-electron chi connectivity index (χ3n) is 6.15. The van der Waals surface area contributed by atoms with E-state index in [-0.39, 0.29) is 17.3 Å². The molecule has 1 saturated carbocycles. The molecule has 29 heavy (non-hydrogen) atoms. The second-order valence-corrected chi connectivity index (χ2v) is 10.6. The molecular weight excluding hydrogens is 384 g/mol. The van der Waals surface area contributed by atoms with Gasteiger partial charge in [0.05, 0.1) is 16.5 Å². The molecule has 1 aliphatic heterocycles. The zero-order valence-electron chi connectivity index (χ0n) is 16.5. The average Bonchev–Trinajstić information content (AvgIpc) is 2.72. The van der Waals surface area contributed by atoms with Crippen molar-refractivity contribution in [2.75, 3.05) is 13.1 Å². The number of amides is 2. The smallest absolute Gasteiger partial charge is 0.318 e. The van der Waals surface area contributed by atoms with Gasteiger partial charge in [0.25, 0.3) is 0 Å². The van der Waals surface area contributed by atoms with Gasteiger partial charge in [-0.15, -0.1) is 0 Å². The summed E-state index contributed by atoms with van der Waals surface area (Å²) in [5.41, 5.74) is 2.00. The Morgan fingerprint density at radius 2 is 1.34 bits per heavy atom. The first-order valence-corrected chi connectivity index (χ1v) is 12.0. The van der Waals surface area contributed by atoms with Gasteiger partial charge in [0.15, 0.2) is 9.84 Å². The minimum atomic E-state index is -3.15. The van der Waals surface area contributed by atoms with Gasteiger partial charge in [-0.1, -0.05) is 79.9 Å². The first kappa shape index (κ1) is 20.0. The first-order valence-electron chi connectivity index (χ1n) is 10.4. The maximum atomic E-state index is 12.9. The van der Waals surface area contributed by atoms with Crippen molar-refractivity contribution in [2.24, 2.45) is 0 Å². The number of carbonyl (C=O) groups is 1.